The molecule has 4 rings (SSSR count). The molecule has 0 radical (unpaired) electrons. The summed E-state index contributed by atoms with van der Waals surface area (Å²) in [5.41, 5.74) is -1.17. The Morgan fingerprint density at radius 1 is 0.980 bits per heavy atom. The van der Waals surface area contributed by atoms with Crippen molar-refractivity contribution in [3.63, 3.8) is 0 Å². The van der Waals surface area contributed by atoms with E-state index < -0.39 is 53.8 Å². The number of ether oxygens (including phenoxy) is 2. The fourth-order valence-corrected chi connectivity index (χ4v) is 4.14. The van der Waals surface area contributed by atoms with Crippen LogP contribution in [0.3, 0.4) is 0 Å². The molecule has 0 aliphatic heterocycles. The second kappa shape index (κ2) is 14.3. The van der Waals surface area contributed by atoms with Crippen LogP contribution >= 0.6 is 0 Å². The van der Waals surface area contributed by atoms with E-state index in [1.807, 2.05) is 0 Å². The summed E-state index contributed by atoms with van der Waals surface area (Å²) in [4.78, 5) is 57.9. The lowest BCUT2D eigenvalue weighted by Gasteiger charge is -2.27. The number of carboxylic acid groups (broad SMARTS) is 1. The molecule has 0 aliphatic rings. The number of nitrogens with zero attached hydrogens (tertiary/aromatic N) is 5. The number of hydrogen-bond donors (Lipinski definition) is 3. The van der Waals surface area contributed by atoms with Crippen LogP contribution in [0.15, 0.2) is 59.5 Å². The van der Waals surface area contributed by atoms with Crippen molar-refractivity contribution >= 4 is 35.6 Å². The minimum Gasteiger partial charge on any atom is -0.478 e. The molecule has 18 heteroatoms. The summed E-state index contributed by atoms with van der Waals surface area (Å²) in [5, 5.41) is 18.8. The van der Waals surface area contributed by atoms with Gasteiger partial charge in [-0.25, -0.2) is 29.0 Å². The number of carbonyl (C=O) groups is 4. The van der Waals surface area contributed by atoms with Crippen molar-refractivity contribution < 1.29 is 51.3 Å². The summed E-state index contributed by atoms with van der Waals surface area (Å²) in [6, 6.07) is 8.22. The van der Waals surface area contributed by atoms with E-state index in [2.05, 4.69) is 25.7 Å². The number of anilines is 2. The zero-order valence-electron chi connectivity index (χ0n) is 27.8. The average Bonchev–Trinajstić information content (AvgIpc) is 3.65. The van der Waals surface area contributed by atoms with Crippen LogP contribution in [-0.2, 0) is 16.0 Å². The number of alkyl halides is 3. The van der Waals surface area contributed by atoms with E-state index in [9.17, 15) is 37.5 Å². The van der Waals surface area contributed by atoms with E-state index in [1.54, 1.807) is 20.8 Å². The molecule has 0 atom stereocenters. The molecule has 3 N–H and O–H groups in total. The van der Waals surface area contributed by atoms with E-state index >= 15 is 0 Å². The number of amides is 3. The first-order valence-corrected chi connectivity index (χ1v) is 14.9. The van der Waals surface area contributed by atoms with Gasteiger partial charge in [0.05, 0.1) is 29.7 Å². The maximum absolute atomic E-state index is 13.4. The van der Waals surface area contributed by atoms with E-state index in [4.69, 9.17) is 13.9 Å². The first-order chi connectivity index (χ1) is 23.2. The van der Waals surface area contributed by atoms with Crippen molar-refractivity contribution in [2.45, 2.75) is 65.5 Å². The molecule has 266 valence electrons. The van der Waals surface area contributed by atoms with E-state index in [0.29, 0.717) is 10.6 Å². The molecule has 0 saturated heterocycles. The number of halogens is 3. The molecule has 0 fully saturated rings. The van der Waals surface area contributed by atoms with Gasteiger partial charge in [0.15, 0.2) is 5.69 Å². The van der Waals surface area contributed by atoms with Gasteiger partial charge in [-0.3, -0.25) is 9.69 Å². The Hall–Kier alpha value is -5.94. The largest absolute Gasteiger partial charge is 0.478 e. The van der Waals surface area contributed by atoms with Crippen molar-refractivity contribution in [1.29, 1.82) is 0 Å². The van der Waals surface area contributed by atoms with Crippen LogP contribution in [0.1, 0.15) is 68.1 Å². The van der Waals surface area contributed by atoms with E-state index in [0.717, 1.165) is 18.5 Å². The van der Waals surface area contributed by atoms with E-state index in [1.165, 1.54) is 62.0 Å². The molecule has 0 saturated carbocycles. The molecule has 0 unspecified atom stereocenters. The zero-order valence-corrected chi connectivity index (χ0v) is 27.8. The molecule has 0 aliphatic carbocycles. The number of aromatic carboxylic acids is 1. The average molecular weight is 702 g/mol. The maximum Gasteiger partial charge on any atom is 0.416 e. The zero-order chi connectivity index (χ0) is 37.0. The topological polar surface area (TPSA) is 191 Å². The fraction of sp³-hybridized carbons (Fsp3) is 0.344. The van der Waals surface area contributed by atoms with Gasteiger partial charge in [-0.15, -0.1) is 0 Å². The van der Waals surface area contributed by atoms with Crippen molar-refractivity contribution in [1.82, 2.24) is 25.1 Å². The standard InChI is InChI=1S/C32H34F3N7O8/c1-30(2,3)49-28(46)37-14-21-22(15-42(40-21)20-9-7-18(8-10-20)27(44)45)38-25(43)23-16-48-26(39-23)19-11-12-36-24(13-19)41(17-32(33,34)35)29(47)50-31(4,5)6/h7-13,15-16H,14,17H2,1-6H3,(H,37,46)(H,38,43)(H,44,45). The lowest BCUT2D eigenvalue weighted by Crippen LogP contribution is -2.42. The van der Waals surface area contributed by atoms with Gasteiger partial charge >= 0.3 is 24.3 Å². The summed E-state index contributed by atoms with van der Waals surface area (Å²) >= 11 is 0. The number of carboxylic acids is 1. The third kappa shape index (κ3) is 10.3. The lowest BCUT2D eigenvalue weighted by atomic mass is 10.2. The SMILES string of the molecule is CC(C)(C)OC(=O)NCc1nn(-c2ccc(C(=O)O)cc2)cc1NC(=O)c1coc(-c2ccnc(N(CC(F)(F)F)C(=O)OC(C)(C)C)c2)n1. The molecular weight excluding hydrogens is 667 g/mol. The van der Waals surface area contributed by atoms with Crippen LogP contribution in [0.25, 0.3) is 17.1 Å². The van der Waals surface area contributed by atoms with Gasteiger partial charge in [0.25, 0.3) is 5.91 Å². The first kappa shape index (κ1) is 36.9. The van der Waals surface area contributed by atoms with Gasteiger partial charge < -0.3 is 29.6 Å². The Morgan fingerprint density at radius 3 is 2.24 bits per heavy atom. The number of benzene rings is 1. The van der Waals surface area contributed by atoms with Gasteiger partial charge in [0, 0.05) is 11.8 Å². The van der Waals surface area contributed by atoms with Crippen molar-refractivity contribution in [3.8, 4) is 17.1 Å². The van der Waals surface area contributed by atoms with Crippen LogP contribution in [0, 0.1) is 0 Å². The fourth-order valence-electron chi connectivity index (χ4n) is 4.14. The Labute approximate surface area is 283 Å². The lowest BCUT2D eigenvalue weighted by molar-refractivity contribution is -0.119. The van der Waals surface area contributed by atoms with Crippen LogP contribution in [0.2, 0.25) is 0 Å². The van der Waals surface area contributed by atoms with Crippen LogP contribution < -0.4 is 15.5 Å². The monoisotopic (exact) mass is 701 g/mol. The molecule has 4 aromatic rings. The Balaban J connectivity index is 1.59. The van der Waals surface area contributed by atoms with Crippen LogP contribution in [0.5, 0.6) is 0 Å². The Kier molecular flexibility index (Phi) is 10.5. The minimum absolute atomic E-state index is 0.0438. The van der Waals surface area contributed by atoms with E-state index in [-0.39, 0.29) is 40.6 Å². The van der Waals surface area contributed by atoms with Crippen molar-refractivity contribution in [2.24, 2.45) is 0 Å². The molecular formula is C32H34F3N7O8. The number of rotatable bonds is 9. The second-order valence-corrected chi connectivity index (χ2v) is 12.7. The summed E-state index contributed by atoms with van der Waals surface area (Å²) < 4.78 is 57.4. The highest BCUT2D eigenvalue weighted by atomic mass is 19.4. The third-order valence-corrected chi connectivity index (χ3v) is 6.17. The Bertz CT molecular complexity index is 1870. The summed E-state index contributed by atoms with van der Waals surface area (Å²) in [7, 11) is 0. The summed E-state index contributed by atoms with van der Waals surface area (Å²) in [5.74, 6) is -2.47. The number of hydrogen-bond acceptors (Lipinski definition) is 10. The predicted molar refractivity (Wildman–Crippen MR) is 171 cm³/mol. The molecule has 3 aromatic heterocycles. The molecule has 3 amide bonds. The second-order valence-electron chi connectivity index (χ2n) is 12.7. The number of pyridine rings is 1. The predicted octanol–water partition coefficient (Wildman–Crippen LogP) is 6.20. The molecule has 50 heavy (non-hydrogen) atoms. The highest BCUT2D eigenvalue weighted by Gasteiger charge is 2.37. The van der Waals surface area contributed by atoms with Gasteiger partial charge in [-0.2, -0.15) is 18.3 Å². The quantitative estimate of drug-likeness (QED) is 0.180. The number of oxazole rings is 1. The highest BCUT2D eigenvalue weighted by Crippen LogP contribution is 2.28. The molecule has 15 nitrogen and oxygen atoms in total. The summed E-state index contributed by atoms with van der Waals surface area (Å²) in [6.45, 7) is 7.71. The molecule has 1 aromatic carbocycles. The van der Waals surface area contributed by atoms with Crippen LogP contribution in [0.4, 0.5) is 34.3 Å². The third-order valence-electron chi connectivity index (χ3n) is 6.17. The smallest absolute Gasteiger partial charge is 0.416 e. The maximum atomic E-state index is 13.4. The van der Waals surface area contributed by atoms with Gasteiger partial charge in [-0.05, 0) is 77.9 Å². The van der Waals surface area contributed by atoms with Gasteiger partial charge in [0.1, 0.15) is 35.5 Å². The van der Waals surface area contributed by atoms with Crippen molar-refractivity contribution in [2.75, 3.05) is 16.8 Å². The molecule has 0 bridgehead atoms. The highest BCUT2D eigenvalue weighted by molar-refractivity contribution is 6.03. The van der Waals surface area contributed by atoms with Gasteiger partial charge in [0.2, 0.25) is 5.89 Å². The number of carbonyl (C=O) groups excluding carboxylic acids is 3. The number of aromatic nitrogens is 4. The van der Waals surface area contributed by atoms with Crippen LogP contribution in [-0.4, -0.2) is 72.8 Å². The summed E-state index contributed by atoms with van der Waals surface area (Å²) in [6.07, 6.45) is -3.21. The number of nitrogens with one attached hydrogen (secondary N) is 2. The van der Waals surface area contributed by atoms with Gasteiger partial charge in [-0.1, -0.05) is 0 Å². The normalized spacial score (nSPS) is 11.9. The first-order valence-electron chi connectivity index (χ1n) is 14.9. The van der Waals surface area contributed by atoms with Crippen molar-refractivity contribution in [3.05, 3.63) is 72.0 Å². The minimum atomic E-state index is -4.78. The Morgan fingerprint density at radius 2 is 1.64 bits per heavy atom. The number of alkyl carbamates (subject to hydrolysis) is 1. The molecule has 0 spiro atoms. The molecule has 3 heterocycles.